The van der Waals surface area contributed by atoms with Crippen molar-refractivity contribution in [2.45, 2.75) is 116 Å². The molecule has 0 saturated carbocycles. The average Bonchev–Trinajstić information content (AvgIpc) is 3.29. The van der Waals surface area contributed by atoms with E-state index in [1.54, 1.807) is 24.8 Å². The Morgan fingerprint density at radius 2 is 0.447 bits per heavy atom. The van der Waals surface area contributed by atoms with Crippen LogP contribution in [0.4, 0.5) is 0 Å². The van der Waals surface area contributed by atoms with Gasteiger partial charge in [-0.3, -0.25) is 29.1 Å². The van der Waals surface area contributed by atoms with Gasteiger partial charge in [0, 0.05) is 61.8 Å². The monoisotopic (exact) mass is 1290 g/mol. The van der Waals surface area contributed by atoms with Crippen LogP contribution in [0.15, 0.2) is 97.6 Å². The average molecular weight is 1300 g/mol. The third-order valence-corrected chi connectivity index (χ3v) is 14.9. The molecule has 426 valence electrons. The molecule has 12 N–H and O–H groups in total. The minimum Gasteiger partial charge on any atom is -0.779 e. The summed E-state index contributed by atoms with van der Waals surface area (Å²) >= 11 is 0. The Hall–Kier alpha value is -1.33. The van der Waals surface area contributed by atoms with Crippen molar-refractivity contribution in [2.24, 2.45) is 0 Å². The molecule has 0 aromatic carbocycles. The molecule has 0 fully saturated rings. The molecule has 0 aliphatic heterocycles. The van der Waals surface area contributed by atoms with Gasteiger partial charge >= 0.3 is 54.1 Å². The minimum absolute atomic E-state index is 0. The Kier molecular flexibility index (Phi) is 52.0. The summed E-state index contributed by atoms with van der Waals surface area (Å²) in [5.74, 6) is 0. The van der Waals surface area contributed by atoms with Gasteiger partial charge in [0.1, 0.15) is 30.4 Å². The second-order valence-corrected chi connectivity index (χ2v) is 26.9. The number of pyridine rings is 4. The number of rotatable bonds is 29. The van der Waals surface area contributed by atoms with E-state index >= 15 is 0 Å². The van der Waals surface area contributed by atoms with Gasteiger partial charge in [0.25, 0.3) is 0 Å². The van der Waals surface area contributed by atoms with E-state index in [4.69, 9.17) is 39.1 Å². The fourth-order valence-corrected chi connectivity index (χ4v) is 9.82. The Bertz CT molecular complexity index is 1890. The summed E-state index contributed by atoms with van der Waals surface area (Å²) in [6, 6.07) is 23.2. The van der Waals surface area contributed by atoms with Crippen molar-refractivity contribution in [3.05, 3.63) is 97.6 Å². The topological polar surface area (TPSA) is 471 Å². The first kappa shape index (κ1) is 83.5. The van der Waals surface area contributed by atoms with Crippen LogP contribution in [-0.2, 0) is 66.3 Å². The van der Waals surface area contributed by atoms with Crippen molar-refractivity contribution in [1.82, 2.24) is 19.9 Å². The van der Waals surface area contributed by atoms with Gasteiger partial charge in [-0.1, -0.05) is 101 Å². The van der Waals surface area contributed by atoms with Gasteiger partial charge in [-0.25, -0.2) is 0 Å². The molecular formula is C44H76N4O20P6Zn2. The maximum atomic E-state index is 10.5. The van der Waals surface area contributed by atoms with Gasteiger partial charge < -0.3 is 87.9 Å². The number of hydrogen-bond donors (Lipinski definition) is 8. The quantitative estimate of drug-likeness (QED) is 0.0198. The van der Waals surface area contributed by atoms with Crippen LogP contribution in [0.3, 0.4) is 0 Å². The van der Waals surface area contributed by atoms with Crippen LogP contribution < -0.4 is 19.6 Å². The molecule has 0 spiro atoms. The summed E-state index contributed by atoms with van der Waals surface area (Å²) in [5.41, 5.74) is 3.66. The Labute approximate surface area is 471 Å². The summed E-state index contributed by atoms with van der Waals surface area (Å²) in [4.78, 5) is 126. The summed E-state index contributed by atoms with van der Waals surface area (Å²) in [6.45, 7) is 0. The van der Waals surface area contributed by atoms with Crippen molar-refractivity contribution >= 4 is 45.6 Å². The molecule has 4 atom stereocenters. The van der Waals surface area contributed by atoms with Crippen LogP contribution in [0.1, 0.15) is 116 Å². The zero-order valence-corrected chi connectivity index (χ0v) is 54.1. The van der Waals surface area contributed by atoms with Crippen LogP contribution in [0.5, 0.6) is 0 Å². The minimum atomic E-state index is -4.11. The maximum Gasteiger partial charge on any atom is 2.00 e. The molecular weight excluding hydrogens is 1220 g/mol. The normalized spacial score (nSPS) is 13.8. The largest absolute Gasteiger partial charge is 2.00 e. The molecule has 0 aliphatic carbocycles. The van der Waals surface area contributed by atoms with Crippen LogP contribution in [-0.4, -0.2) is 107 Å². The fourth-order valence-electron chi connectivity index (χ4n) is 6.06. The summed E-state index contributed by atoms with van der Waals surface area (Å²) in [7, 11) is -24.1. The molecule has 0 bridgehead atoms. The van der Waals surface area contributed by atoms with Gasteiger partial charge in [0.15, 0.2) is 0 Å². The molecule has 76 heavy (non-hydrogen) atoms. The van der Waals surface area contributed by atoms with Crippen molar-refractivity contribution in [3.8, 4) is 22.8 Å². The molecule has 0 aliphatic rings. The molecule has 0 saturated heterocycles. The summed E-state index contributed by atoms with van der Waals surface area (Å²) in [6.07, 6.45) is 18.0. The van der Waals surface area contributed by atoms with Crippen molar-refractivity contribution in [3.63, 3.8) is 0 Å². The predicted octanol–water partition coefficient (Wildman–Crippen LogP) is 5.15. The number of hydrogen-bond acceptors (Lipinski definition) is 14. The van der Waals surface area contributed by atoms with E-state index in [9.17, 15) is 47.0 Å². The second-order valence-electron chi connectivity index (χ2n) is 16.4. The number of aromatic nitrogens is 4. The fraction of sp³-hybridized carbons (Fsp3) is 0.545. The van der Waals surface area contributed by atoms with E-state index < -0.39 is 45.6 Å². The number of unbranched alkanes of at least 4 members (excludes halogenated alkanes) is 15. The standard InChI is InChI=1S/2C10H8N2.3C8H20O6P2.2H2O.2Zn/c2*1-3-7-11-9(5-1)10-6-2-4-8-12-10;3*9-15(10,11)7-5-3-1-2-4-6-8-16(12,13)14;;;;/h2*1-8H;3*1-8H2,(H2,9,10,11)(H2,12,13,14);2*1H2;;/q;;;;;;;2*+2/p-4. The molecule has 4 heterocycles. The van der Waals surface area contributed by atoms with Gasteiger partial charge in [0.2, 0.25) is 0 Å². The summed E-state index contributed by atoms with van der Waals surface area (Å²) < 4.78 is 62.4. The van der Waals surface area contributed by atoms with Crippen LogP contribution in [0, 0.1) is 0 Å². The van der Waals surface area contributed by atoms with Gasteiger partial charge in [-0.2, -0.15) is 0 Å². The molecule has 32 heteroatoms. The molecule has 4 rings (SSSR count). The summed E-state index contributed by atoms with van der Waals surface area (Å²) in [5, 5.41) is 0. The van der Waals surface area contributed by atoms with Crippen LogP contribution in [0.25, 0.3) is 22.8 Å². The Morgan fingerprint density at radius 3 is 0.579 bits per heavy atom. The van der Waals surface area contributed by atoms with E-state index in [1.807, 2.05) is 72.8 Å². The molecule has 4 unspecified atom stereocenters. The van der Waals surface area contributed by atoms with E-state index in [1.165, 1.54) is 0 Å². The zero-order chi connectivity index (χ0) is 54.4. The third kappa shape index (κ3) is 61.9. The van der Waals surface area contributed by atoms with E-state index in [2.05, 4.69) is 19.9 Å². The predicted molar refractivity (Wildman–Crippen MR) is 278 cm³/mol. The van der Waals surface area contributed by atoms with Crippen molar-refractivity contribution < 1.29 is 136 Å². The first-order valence-corrected chi connectivity index (χ1v) is 34.1. The molecule has 0 amide bonds. The van der Waals surface area contributed by atoms with E-state index in [0.717, 1.165) is 74.1 Å². The Balaban J connectivity index is -0.000000274. The van der Waals surface area contributed by atoms with E-state index in [0.29, 0.717) is 64.2 Å². The first-order chi connectivity index (χ1) is 33.6. The first-order valence-electron chi connectivity index (χ1n) is 23.4. The Morgan fingerprint density at radius 1 is 0.289 bits per heavy atom. The van der Waals surface area contributed by atoms with Gasteiger partial charge in [-0.05, 0) is 87.1 Å². The SMILES string of the molecule is O.O.O=P([O-])(O)CCCCCCCCP(=O)(O)O.O=P([O-])(O)CCCCCCCCP(=O)(O)O.O=P([O-])(O)CCCCCCCCP(=O)([O-])O.[Zn+2].[Zn+2].c1ccc(-c2ccccn2)nc1.c1ccc(-c2ccccn2)nc1. The molecule has 4 aromatic rings. The van der Waals surface area contributed by atoms with E-state index in [-0.39, 0.29) is 86.9 Å². The molecule has 4 aromatic heterocycles. The second kappa shape index (κ2) is 47.3. The zero-order valence-electron chi connectivity index (χ0n) is 42.8. The van der Waals surface area contributed by atoms with Crippen molar-refractivity contribution in [2.75, 3.05) is 37.0 Å². The van der Waals surface area contributed by atoms with Gasteiger partial charge in [-0.15, -0.1) is 0 Å². The smallest absolute Gasteiger partial charge is 0.779 e. The van der Waals surface area contributed by atoms with Crippen LogP contribution >= 0.6 is 45.6 Å². The third-order valence-electron chi connectivity index (χ3n) is 9.60. The van der Waals surface area contributed by atoms with Crippen LogP contribution in [0.2, 0.25) is 0 Å². The maximum absolute atomic E-state index is 10.5. The van der Waals surface area contributed by atoms with Gasteiger partial charge in [0.05, 0.1) is 22.8 Å². The van der Waals surface area contributed by atoms with Crippen molar-refractivity contribution in [1.29, 1.82) is 0 Å². The molecule has 24 nitrogen and oxygen atoms in total. The molecule has 0 radical (unpaired) electrons. The number of nitrogens with zero attached hydrogens (tertiary/aromatic N) is 4.